The molecule has 1 saturated heterocycles. The summed E-state index contributed by atoms with van der Waals surface area (Å²) >= 11 is 0. The van der Waals surface area contributed by atoms with Gasteiger partial charge in [0, 0.05) is 18.8 Å². The minimum absolute atomic E-state index is 0.0297. The molecular formula is C22H24N2O8S. The predicted molar refractivity (Wildman–Crippen MR) is 117 cm³/mol. The van der Waals surface area contributed by atoms with Gasteiger partial charge in [0.2, 0.25) is 16.1 Å². The minimum atomic E-state index is -3.72. The van der Waals surface area contributed by atoms with Crippen molar-refractivity contribution in [1.29, 1.82) is 0 Å². The molecule has 2 aliphatic heterocycles. The number of hydrogen-bond donors (Lipinski definition) is 1. The van der Waals surface area contributed by atoms with E-state index in [4.69, 9.17) is 18.9 Å². The molecule has 33 heavy (non-hydrogen) atoms. The van der Waals surface area contributed by atoms with Crippen LogP contribution in [0.1, 0.15) is 5.56 Å². The molecule has 2 heterocycles. The number of nitrogens with one attached hydrogen (secondary N) is 1. The Morgan fingerprint density at radius 1 is 1.12 bits per heavy atom. The molecule has 0 saturated carbocycles. The van der Waals surface area contributed by atoms with Crippen molar-refractivity contribution >= 4 is 27.6 Å². The van der Waals surface area contributed by atoms with E-state index in [-0.39, 0.29) is 24.6 Å². The van der Waals surface area contributed by atoms with Gasteiger partial charge in [0.1, 0.15) is 6.61 Å². The van der Waals surface area contributed by atoms with Gasteiger partial charge in [-0.3, -0.25) is 4.79 Å². The van der Waals surface area contributed by atoms with Crippen LogP contribution in [0.5, 0.6) is 11.5 Å². The summed E-state index contributed by atoms with van der Waals surface area (Å²) in [5.41, 5.74) is 0.979. The van der Waals surface area contributed by atoms with Gasteiger partial charge in [-0.05, 0) is 36.8 Å². The Balaban J connectivity index is 1.35. The maximum Gasteiger partial charge on any atom is 0.351 e. The Hall–Kier alpha value is -3.15. The lowest BCUT2D eigenvalue weighted by Crippen LogP contribution is -2.40. The first-order valence-electron chi connectivity index (χ1n) is 10.4. The summed E-state index contributed by atoms with van der Waals surface area (Å²) in [6.07, 6.45) is -0.989. The molecular weight excluding hydrogens is 452 g/mol. The Bertz CT molecular complexity index is 1140. The fraction of sp³-hybridized carbons (Fsp3) is 0.364. The first kappa shape index (κ1) is 23.0. The molecule has 11 heteroatoms. The van der Waals surface area contributed by atoms with E-state index in [2.05, 4.69) is 5.32 Å². The summed E-state index contributed by atoms with van der Waals surface area (Å²) in [7, 11) is -3.72. The third-order valence-electron chi connectivity index (χ3n) is 5.21. The van der Waals surface area contributed by atoms with Crippen LogP contribution in [-0.2, 0) is 29.1 Å². The van der Waals surface area contributed by atoms with E-state index in [0.717, 1.165) is 0 Å². The Labute approximate surface area is 191 Å². The maximum absolute atomic E-state index is 12.9. The van der Waals surface area contributed by atoms with Crippen LogP contribution in [0, 0.1) is 6.92 Å². The van der Waals surface area contributed by atoms with Crippen molar-refractivity contribution < 1.29 is 37.0 Å². The van der Waals surface area contributed by atoms with Crippen molar-refractivity contribution in [1.82, 2.24) is 4.31 Å². The molecule has 1 fully saturated rings. The number of esters is 1. The minimum Gasteiger partial charge on any atom is -0.485 e. The number of para-hydroxylation sites is 2. The molecule has 2 aliphatic rings. The number of rotatable bonds is 6. The zero-order valence-corrected chi connectivity index (χ0v) is 18.8. The molecule has 4 rings (SSSR count). The quantitative estimate of drug-likeness (QED) is 0.620. The largest absolute Gasteiger partial charge is 0.485 e. The van der Waals surface area contributed by atoms with Gasteiger partial charge in [-0.2, -0.15) is 4.31 Å². The van der Waals surface area contributed by atoms with E-state index in [1.54, 1.807) is 37.3 Å². The number of sulfonamides is 1. The van der Waals surface area contributed by atoms with Gasteiger partial charge in [-0.15, -0.1) is 0 Å². The van der Waals surface area contributed by atoms with E-state index in [1.165, 1.54) is 16.4 Å². The Morgan fingerprint density at radius 2 is 1.85 bits per heavy atom. The molecule has 10 nitrogen and oxygen atoms in total. The van der Waals surface area contributed by atoms with E-state index in [9.17, 15) is 18.0 Å². The van der Waals surface area contributed by atoms with E-state index in [0.29, 0.717) is 36.0 Å². The number of anilines is 1. The summed E-state index contributed by atoms with van der Waals surface area (Å²) in [5.74, 6) is -0.393. The highest BCUT2D eigenvalue weighted by atomic mass is 32.2. The standard InChI is InChI=1S/C22H24N2O8S/c1-15-6-7-16(33(27,28)24-8-10-29-11-9-24)12-17(15)23-21(25)14-31-22(26)20-13-30-18-4-2-3-5-19(18)32-20/h2-7,12,20H,8-11,13-14H2,1H3,(H,23,25)/t20-/m1/s1. The van der Waals surface area contributed by atoms with Crippen LogP contribution in [0.25, 0.3) is 0 Å². The molecule has 1 N–H and O–H groups in total. The van der Waals surface area contributed by atoms with Crippen molar-refractivity contribution in [3.63, 3.8) is 0 Å². The summed E-state index contributed by atoms with van der Waals surface area (Å²) in [4.78, 5) is 24.7. The zero-order valence-electron chi connectivity index (χ0n) is 18.0. The SMILES string of the molecule is Cc1ccc(S(=O)(=O)N2CCOCC2)cc1NC(=O)COC(=O)[C@H]1COc2ccccc2O1. The molecule has 0 aromatic heterocycles. The number of morpholine rings is 1. The van der Waals surface area contributed by atoms with Gasteiger partial charge in [-0.1, -0.05) is 18.2 Å². The van der Waals surface area contributed by atoms with Gasteiger partial charge >= 0.3 is 5.97 Å². The van der Waals surface area contributed by atoms with Crippen molar-refractivity contribution in [3.05, 3.63) is 48.0 Å². The van der Waals surface area contributed by atoms with Crippen molar-refractivity contribution in [3.8, 4) is 11.5 Å². The molecule has 0 bridgehead atoms. The van der Waals surface area contributed by atoms with Gasteiger partial charge in [0.05, 0.1) is 18.1 Å². The van der Waals surface area contributed by atoms with Gasteiger partial charge in [0.25, 0.3) is 5.91 Å². The number of fused-ring (bicyclic) bond motifs is 1. The fourth-order valence-electron chi connectivity index (χ4n) is 3.38. The first-order valence-corrected chi connectivity index (χ1v) is 11.8. The summed E-state index contributed by atoms with van der Waals surface area (Å²) in [6, 6.07) is 11.4. The first-order chi connectivity index (χ1) is 15.8. The number of benzene rings is 2. The predicted octanol–water partition coefficient (Wildman–Crippen LogP) is 1.34. The van der Waals surface area contributed by atoms with Gasteiger partial charge < -0.3 is 24.3 Å². The summed E-state index contributed by atoms with van der Waals surface area (Å²) < 4.78 is 48.4. The van der Waals surface area contributed by atoms with Crippen LogP contribution >= 0.6 is 0 Å². The molecule has 2 aromatic carbocycles. The van der Waals surface area contributed by atoms with Crippen molar-refractivity contribution in [2.45, 2.75) is 17.9 Å². The van der Waals surface area contributed by atoms with Crippen LogP contribution in [0.4, 0.5) is 5.69 Å². The third kappa shape index (κ3) is 5.27. The fourth-order valence-corrected chi connectivity index (χ4v) is 4.82. The van der Waals surface area contributed by atoms with E-state index in [1.807, 2.05) is 0 Å². The molecule has 0 unspecified atom stereocenters. The lowest BCUT2D eigenvalue weighted by Gasteiger charge is -2.26. The second kappa shape index (κ2) is 9.77. The Morgan fingerprint density at radius 3 is 2.61 bits per heavy atom. The van der Waals surface area contributed by atoms with Crippen LogP contribution < -0.4 is 14.8 Å². The zero-order chi connectivity index (χ0) is 23.4. The van der Waals surface area contributed by atoms with Crippen LogP contribution in [-0.4, -0.2) is 70.2 Å². The molecule has 0 spiro atoms. The van der Waals surface area contributed by atoms with Crippen LogP contribution in [0.3, 0.4) is 0 Å². The smallest absolute Gasteiger partial charge is 0.351 e. The Kier molecular flexibility index (Phi) is 6.82. The normalized spacial score (nSPS) is 18.4. The second-order valence-electron chi connectivity index (χ2n) is 7.51. The monoisotopic (exact) mass is 476 g/mol. The average Bonchev–Trinajstić information content (AvgIpc) is 2.84. The van der Waals surface area contributed by atoms with Crippen LogP contribution in [0.15, 0.2) is 47.4 Å². The third-order valence-corrected chi connectivity index (χ3v) is 7.10. The highest BCUT2D eigenvalue weighted by Crippen LogP contribution is 2.31. The highest BCUT2D eigenvalue weighted by Gasteiger charge is 2.30. The highest BCUT2D eigenvalue weighted by molar-refractivity contribution is 7.89. The number of carbonyl (C=O) groups excluding carboxylic acids is 2. The summed E-state index contributed by atoms with van der Waals surface area (Å²) in [6.45, 7) is 2.36. The molecule has 0 radical (unpaired) electrons. The molecule has 2 aromatic rings. The lowest BCUT2D eigenvalue weighted by molar-refractivity contribution is -0.156. The topological polar surface area (TPSA) is 120 Å². The van der Waals surface area contributed by atoms with E-state index < -0.39 is 34.6 Å². The number of carbonyl (C=O) groups is 2. The van der Waals surface area contributed by atoms with Gasteiger partial charge in [0.15, 0.2) is 18.1 Å². The molecule has 1 amide bonds. The van der Waals surface area contributed by atoms with Gasteiger partial charge in [-0.25, -0.2) is 13.2 Å². The number of aryl methyl sites for hydroxylation is 1. The number of hydrogen-bond acceptors (Lipinski definition) is 8. The average molecular weight is 477 g/mol. The van der Waals surface area contributed by atoms with Crippen molar-refractivity contribution in [2.75, 3.05) is 44.8 Å². The molecule has 0 aliphatic carbocycles. The lowest BCUT2D eigenvalue weighted by atomic mass is 10.2. The molecule has 1 atom stereocenters. The second-order valence-corrected chi connectivity index (χ2v) is 9.45. The number of amides is 1. The molecule has 176 valence electrons. The summed E-state index contributed by atoms with van der Waals surface area (Å²) in [5, 5.41) is 2.60. The maximum atomic E-state index is 12.9. The van der Waals surface area contributed by atoms with Crippen LogP contribution in [0.2, 0.25) is 0 Å². The van der Waals surface area contributed by atoms with Crippen molar-refractivity contribution in [2.24, 2.45) is 0 Å². The number of nitrogens with zero attached hydrogens (tertiary/aromatic N) is 1. The number of ether oxygens (including phenoxy) is 4. The van der Waals surface area contributed by atoms with E-state index >= 15 is 0 Å².